The second-order valence-corrected chi connectivity index (χ2v) is 4.47. The Bertz CT molecular complexity index is 317. The lowest BCUT2D eigenvalue weighted by atomic mass is 9.96. The number of nitrogens with zero attached hydrogens (tertiary/aromatic N) is 1. The Hall–Kier alpha value is -0.930. The lowest BCUT2D eigenvalue weighted by Gasteiger charge is -2.34. The SMILES string of the molecule is OCC1CN(Cc2ccccc2)CCC1F. The van der Waals surface area contributed by atoms with Crippen molar-refractivity contribution in [1.29, 1.82) is 0 Å². The quantitative estimate of drug-likeness (QED) is 0.845. The van der Waals surface area contributed by atoms with Crippen LogP contribution in [0.1, 0.15) is 12.0 Å². The van der Waals surface area contributed by atoms with Gasteiger partial charge < -0.3 is 5.11 Å². The van der Waals surface area contributed by atoms with Gasteiger partial charge in [-0.3, -0.25) is 4.90 Å². The molecule has 0 spiro atoms. The van der Waals surface area contributed by atoms with E-state index >= 15 is 0 Å². The number of benzene rings is 1. The third kappa shape index (κ3) is 2.80. The molecule has 1 fully saturated rings. The van der Waals surface area contributed by atoms with E-state index in [0.717, 1.165) is 13.1 Å². The maximum absolute atomic E-state index is 13.4. The molecule has 1 N–H and O–H groups in total. The van der Waals surface area contributed by atoms with Gasteiger partial charge in [-0.2, -0.15) is 0 Å². The number of hydrogen-bond acceptors (Lipinski definition) is 2. The summed E-state index contributed by atoms with van der Waals surface area (Å²) in [5.74, 6) is -0.211. The molecular weight excluding hydrogens is 205 g/mol. The van der Waals surface area contributed by atoms with Crippen LogP contribution in [0.4, 0.5) is 4.39 Å². The number of alkyl halides is 1. The van der Waals surface area contributed by atoms with Gasteiger partial charge >= 0.3 is 0 Å². The van der Waals surface area contributed by atoms with E-state index in [0.29, 0.717) is 13.0 Å². The van der Waals surface area contributed by atoms with Gasteiger partial charge in [-0.15, -0.1) is 0 Å². The molecule has 2 nitrogen and oxygen atoms in total. The van der Waals surface area contributed by atoms with Gasteiger partial charge in [0.25, 0.3) is 0 Å². The van der Waals surface area contributed by atoms with Crippen molar-refractivity contribution in [2.75, 3.05) is 19.7 Å². The lowest BCUT2D eigenvalue weighted by molar-refractivity contribution is 0.0463. The Kier molecular flexibility index (Phi) is 3.91. The fourth-order valence-corrected chi connectivity index (χ4v) is 2.24. The molecule has 1 saturated heterocycles. The van der Waals surface area contributed by atoms with E-state index in [-0.39, 0.29) is 12.5 Å². The zero-order chi connectivity index (χ0) is 11.4. The van der Waals surface area contributed by atoms with E-state index in [9.17, 15) is 4.39 Å². The van der Waals surface area contributed by atoms with Crippen molar-refractivity contribution in [3.8, 4) is 0 Å². The first kappa shape index (κ1) is 11.6. The molecule has 2 rings (SSSR count). The maximum atomic E-state index is 13.4. The van der Waals surface area contributed by atoms with E-state index in [1.54, 1.807) is 0 Å². The van der Waals surface area contributed by atoms with Gasteiger partial charge in [-0.05, 0) is 12.0 Å². The number of likely N-dealkylation sites (tertiary alicyclic amines) is 1. The van der Waals surface area contributed by atoms with E-state index in [1.165, 1.54) is 5.56 Å². The van der Waals surface area contributed by atoms with E-state index < -0.39 is 6.17 Å². The summed E-state index contributed by atoms with van der Waals surface area (Å²) in [6.07, 6.45) is -0.296. The molecule has 16 heavy (non-hydrogen) atoms. The summed E-state index contributed by atoms with van der Waals surface area (Å²) in [4.78, 5) is 2.21. The second-order valence-electron chi connectivity index (χ2n) is 4.47. The number of aliphatic hydroxyl groups excluding tert-OH is 1. The molecule has 0 aliphatic carbocycles. The number of piperidine rings is 1. The minimum Gasteiger partial charge on any atom is -0.396 e. The first-order chi connectivity index (χ1) is 7.79. The van der Waals surface area contributed by atoms with Crippen molar-refractivity contribution in [1.82, 2.24) is 4.90 Å². The van der Waals surface area contributed by atoms with Crippen molar-refractivity contribution >= 4 is 0 Å². The average Bonchev–Trinajstić information content (AvgIpc) is 2.33. The lowest BCUT2D eigenvalue weighted by Crippen LogP contribution is -2.42. The molecule has 1 aromatic carbocycles. The van der Waals surface area contributed by atoms with Crippen LogP contribution >= 0.6 is 0 Å². The van der Waals surface area contributed by atoms with E-state index in [4.69, 9.17) is 5.11 Å². The molecule has 1 heterocycles. The molecule has 0 bridgehead atoms. The molecule has 2 atom stereocenters. The molecule has 0 radical (unpaired) electrons. The summed E-state index contributed by atoms with van der Waals surface area (Å²) in [6, 6.07) is 10.2. The normalized spacial score (nSPS) is 26.9. The van der Waals surface area contributed by atoms with Crippen LogP contribution in [0.2, 0.25) is 0 Å². The van der Waals surface area contributed by atoms with Crippen LogP contribution in [-0.4, -0.2) is 35.9 Å². The van der Waals surface area contributed by atoms with Gasteiger partial charge in [-0.1, -0.05) is 30.3 Å². The highest BCUT2D eigenvalue weighted by Crippen LogP contribution is 2.21. The highest BCUT2D eigenvalue weighted by molar-refractivity contribution is 5.14. The highest BCUT2D eigenvalue weighted by atomic mass is 19.1. The molecule has 3 heteroatoms. The first-order valence-corrected chi connectivity index (χ1v) is 5.81. The van der Waals surface area contributed by atoms with Gasteiger partial charge in [0.2, 0.25) is 0 Å². The largest absolute Gasteiger partial charge is 0.396 e. The van der Waals surface area contributed by atoms with Crippen molar-refractivity contribution < 1.29 is 9.50 Å². The number of halogens is 1. The third-order valence-electron chi connectivity index (χ3n) is 3.21. The fraction of sp³-hybridized carbons (Fsp3) is 0.538. The number of aliphatic hydroxyl groups is 1. The molecule has 88 valence electrons. The molecule has 1 aliphatic heterocycles. The summed E-state index contributed by atoms with van der Waals surface area (Å²) < 4.78 is 13.4. The molecule has 0 aromatic heterocycles. The summed E-state index contributed by atoms with van der Waals surface area (Å²) in [6.45, 7) is 2.25. The second kappa shape index (κ2) is 5.41. The Morgan fingerprint density at radius 1 is 1.31 bits per heavy atom. The molecule has 1 aliphatic rings. The van der Waals surface area contributed by atoms with Crippen LogP contribution < -0.4 is 0 Å². The minimum absolute atomic E-state index is 0.0492. The molecule has 0 amide bonds. The Balaban J connectivity index is 1.92. The van der Waals surface area contributed by atoms with Crippen molar-refractivity contribution in [2.24, 2.45) is 5.92 Å². The van der Waals surface area contributed by atoms with Crippen LogP contribution in [0.5, 0.6) is 0 Å². The van der Waals surface area contributed by atoms with Crippen LogP contribution in [-0.2, 0) is 6.54 Å². The highest BCUT2D eigenvalue weighted by Gasteiger charge is 2.28. The summed E-state index contributed by atoms with van der Waals surface area (Å²) in [7, 11) is 0. The topological polar surface area (TPSA) is 23.5 Å². The molecule has 0 saturated carbocycles. The Morgan fingerprint density at radius 2 is 2.06 bits per heavy atom. The van der Waals surface area contributed by atoms with Crippen LogP contribution in [0.3, 0.4) is 0 Å². The summed E-state index contributed by atoms with van der Waals surface area (Å²) in [5.41, 5.74) is 1.25. The van der Waals surface area contributed by atoms with E-state index in [1.807, 2.05) is 18.2 Å². The third-order valence-corrected chi connectivity index (χ3v) is 3.21. The zero-order valence-corrected chi connectivity index (χ0v) is 9.35. The average molecular weight is 223 g/mol. The minimum atomic E-state index is -0.836. The van der Waals surface area contributed by atoms with Gasteiger partial charge in [-0.25, -0.2) is 4.39 Å². The monoisotopic (exact) mass is 223 g/mol. The summed E-state index contributed by atoms with van der Waals surface area (Å²) >= 11 is 0. The van der Waals surface area contributed by atoms with Crippen LogP contribution in [0.25, 0.3) is 0 Å². The van der Waals surface area contributed by atoms with Crippen molar-refractivity contribution in [2.45, 2.75) is 19.1 Å². The van der Waals surface area contributed by atoms with Gasteiger partial charge in [0.15, 0.2) is 0 Å². The zero-order valence-electron chi connectivity index (χ0n) is 9.35. The van der Waals surface area contributed by atoms with Crippen molar-refractivity contribution in [3.05, 3.63) is 35.9 Å². The predicted octanol–water partition coefficient (Wildman–Crippen LogP) is 1.84. The molecule has 1 aromatic rings. The smallest absolute Gasteiger partial charge is 0.108 e. The van der Waals surface area contributed by atoms with Crippen LogP contribution in [0.15, 0.2) is 30.3 Å². The Labute approximate surface area is 95.7 Å². The van der Waals surface area contributed by atoms with Gasteiger partial charge in [0.1, 0.15) is 6.17 Å². The Morgan fingerprint density at radius 3 is 2.75 bits per heavy atom. The molecule has 2 unspecified atom stereocenters. The maximum Gasteiger partial charge on any atom is 0.108 e. The van der Waals surface area contributed by atoms with E-state index in [2.05, 4.69) is 17.0 Å². The molecular formula is C13H18FNO. The van der Waals surface area contributed by atoms with Crippen molar-refractivity contribution in [3.63, 3.8) is 0 Å². The first-order valence-electron chi connectivity index (χ1n) is 5.81. The fourth-order valence-electron chi connectivity index (χ4n) is 2.24. The predicted molar refractivity (Wildman–Crippen MR) is 61.8 cm³/mol. The standard InChI is InChI=1S/C13H18FNO/c14-13-6-7-15(9-12(13)10-16)8-11-4-2-1-3-5-11/h1-5,12-13,16H,6-10H2. The van der Waals surface area contributed by atoms with Crippen LogP contribution in [0, 0.1) is 5.92 Å². The van der Waals surface area contributed by atoms with Gasteiger partial charge in [0.05, 0.1) is 0 Å². The number of rotatable bonds is 3. The van der Waals surface area contributed by atoms with Gasteiger partial charge in [0, 0.05) is 32.2 Å². The summed E-state index contributed by atoms with van der Waals surface area (Å²) in [5, 5.41) is 9.08. The number of hydrogen-bond donors (Lipinski definition) is 1.